The molecule has 1 aliphatic carbocycles. The summed E-state index contributed by atoms with van der Waals surface area (Å²) in [6, 6.07) is 14.9. The fourth-order valence-electron chi connectivity index (χ4n) is 3.90. The molecule has 156 valence electrons. The molecule has 1 aromatic heterocycles. The lowest BCUT2D eigenvalue weighted by molar-refractivity contribution is 0.0929. The normalized spacial score (nSPS) is 16.0. The van der Waals surface area contributed by atoms with Crippen LogP contribution >= 0.6 is 0 Å². The van der Waals surface area contributed by atoms with E-state index in [2.05, 4.69) is 10.4 Å². The lowest BCUT2D eigenvalue weighted by Gasteiger charge is -2.25. The first-order valence-corrected chi connectivity index (χ1v) is 11.3. The average Bonchev–Trinajstić information content (AvgIpc) is 3.15. The van der Waals surface area contributed by atoms with Crippen LogP contribution in [0.2, 0.25) is 0 Å². The Hall–Kier alpha value is -3.13. The van der Waals surface area contributed by atoms with Crippen LogP contribution < -0.4 is 9.62 Å². The molecule has 30 heavy (non-hydrogen) atoms. The topological polar surface area (TPSA) is 84.3 Å². The van der Waals surface area contributed by atoms with Crippen molar-refractivity contribution in [1.29, 1.82) is 0 Å². The van der Waals surface area contributed by atoms with Crippen molar-refractivity contribution in [1.82, 2.24) is 15.1 Å². The summed E-state index contributed by atoms with van der Waals surface area (Å²) in [6.07, 6.45) is 4.44. The third-order valence-corrected chi connectivity index (χ3v) is 7.41. The van der Waals surface area contributed by atoms with Gasteiger partial charge in [0.2, 0.25) is 0 Å². The summed E-state index contributed by atoms with van der Waals surface area (Å²) in [6.45, 7) is 0. The van der Waals surface area contributed by atoms with E-state index < -0.39 is 15.9 Å². The fraction of sp³-hybridized carbons (Fsp3) is 0.273. The first kappa shape index (κ1) is 20.2. The zero-order chi connectivity index (χ0) is 21.3. The Morgan fingerprint density at radius 1 is 1.13 bits per heavy atom. The summed E-state index contributed by atoms with van der Waals surface area (Å²) in [5, 5.41) is 7.33. The minimum absolute atomic E-state index is 0.0175. The molecule has 0 saturated heterocycles. The summed E-state index contributed by atoms with van der Waals surface area (Å²) >= 11 is 0. The van der Waals surface area contributed by atoms with Crippen molar-refractivity contribution >= 4 is 21.6 Å². The van der Waals surface area contributed by atoms with Gasteiger partial charge in [-0.05, 0) is 43.5 Å². The molecule has 1 amide bonds. The molecule has 1 N–H and O–H groups in total. The summed E-state index contributed by atoms with van der Waals surface area (Å²) in [5.74, 6) is -0.405. The monoisotopic (exact) mass is 424 g/mol. The second kappa shape index (κ2) is 7.95. The maximum atomic E-state index is 13.3. The zero-order valence-corrected chi connectivity index (χ0v) is 17.8. The first-order valence-electron chi connectivity index (χ1n) is 9.84. The highest BCUT2D eigenvalue weighted by molar-refractivity contribution is 7.92. The van der Waals surface area contributed by atoms with Crippen molar-refractivity contribution in [3.8, 4) is 0 Å². The van der Waals surface area contributed by atoms with Gasteiger partial charge in [0, 0.05) is 25.4 Å². The maximum absolute atomic E-state index is 13.3. The molecule has 4 rings (SSSR count). The highest BCUT2D eigenvalue weighted by Gasteiger charge is 2.29. The van der Waals surface area contributed by atoms with Gasteiger partial charge in [0.25, 0.3) is 15.9 Å². The minimum atomic E-state index is -3.91. The van der Waals surface area contributed by atoms with Crippen molar-refractivity contribution in [2.45, 2.75) is 30.2 Å². The third kappa shape index (κ3) is 3.59. The lowest BCUT2D eigenvalue weighted by atomic mass is 9.93. The number of nitrogens with one attached hydrogen (secondary N) is 1. The molecule has 2 aromatic carbocycles. The molecule has 1 unspecified atom stereocenters. The highest BCUT2D eigenvalue weighted by Crippen LogP contribution is 2.30. The van der Waals surface area contributed by atoms with Crippen molar-refractivity contribution in [2.24, 2.45) is 7.05 Å². The van der Waals surface area contributed by atoms with Crippen LogP contribution in [0, 0.1) is 0 Å². The minimum Gasteiger partial charge on any atom is -0.345 e. The first-order chi connectivity index (χ1) is 14.4. The van der Waals surface area contributed by atoms with E-state index in [-0.39, 0.29) is 16.5 Å². The molecule has 0 spiro atoms. The van der Waals surface area contributed by atoms with Gasteiger partial charge < -0.3 is 5.32 Å². The van der Waals surface area contributed by atoms with Gasteiger partial charge in [-0.1, -0.05) is 30.3 Å². The molecular weight excluding hydrogens is 400 g/mol. The van der Waals surface area contributed by atoms with Crippen molar-refractivity contribution in [3.05, 3.63) is 77.6 Å². The molecule has 0 fully saturated rings. The summed E-state index contributed by atoms with van der Waals surface area (Å²) in [5.41, 5.74) is 2.77. The van der Waals surface area contributed by atoms with E-state index in [1.54, 1.807) is 48.7 Å². The predicted molar refractivity (Wildman–Crippen MR) is 115 cm³/mol. The van der Waals surface area contributed by atoms with E-state index in [9.17, 15) is 13.2 Å². The average molecular weight is 425 g/mol. The number of rotatable bonds is 5. The number of fused-ring (bicyclic) bond motifs is 1. The Kier molecular flexibility index (Phi) is 5.34. The summed E-state index contributed by atoms with van der Waals surface area (Å²) < 4.78 is 29.6. The molecule has 0 aliphatic heterocycles. The second-order valence-corrected chi connectivity index (χ2v) is 9.33. The Morgan fingerprint density at radius 2 is 1.83 bits per heavy atom. The van der Waals surface area contributed by atoms with Crippen LogP contribution in [-0.2, 0) is 23.5 Å². The largest absolute Gasteiger partial charge is 0.345 e. The van der Waals surface area contributed by atoms with E-state index in [4.69, 9.17) is 0 Å². The standard InChI is InChI=1S/C22H24N4O3S/c1-25-20-13-8-12-19(18(20)15-23-25)24-22(27)17-11-6-7-14-21(17)30(28,29)26(2)16-9-4-3-5-10-16/h3-7,9-11,14-15,19H,8,12-13H2,1-2H3,(H,24,27). The molecule has 1 heterocycles. The third-order valence-electron chi connectivity index (χ3n) is 5.57. The predicted octanol–water partition coefficient (Wildman–Crippen LogP) is 3.05. The molecular formula is C22H24N4O3S. The van der Waals surface area contributed by atoms with Gasteiger partial charge in [-0.25, -0.2) is 8.42 Å². The lowest BCUT2D eigenvalue weighted by Crippen LogP contribution is -2.33. The number of carbonyl (C=O) groups excluding carboxylic acids is 1. The van der Waals surface area contributed by atoms with Crippen molar-refractivity contribution in [2.75, 3.05) is 11.4 Å². The SMILES string of the molecule is CN(c1ccccc1)S(=O)(=O)c1ccccc1C(=O)NC1CCCc2c1cnn2C. The summed E-state index contributed by atoms with van der Waals surface area (Å²) in [4.78, 5) is 13.1. The number of hydrogen-bond donors (Lipinski definition) is 1. The van der Waals surface area contributed by atoms with Gasteiger partial charge >= 0.3 is 0 Å². The van der Waals surface area contributed by atoms with Crippen molar-refractivity contribution < 1.29 is 13.2 Å². The molecule has 8 heteroatoms. The van der Waals surface area contributed by atoms with Gasteiger partial charge in [-0.2, -0.15) is 5.10 Å². The number of benzene rings is 2. The van der Waals surface area contributed by atoms with Crippen LogP contribution in [0.3, 0.4) is 0 Å². The molecule has 0 radical (unpaired) electrons. The van der Waals surface area contributed by atoms with E-state index in [1.165, 1.54) is 17.4 Å². The molecule has 1 atom stereocenters. The Morgan fingerprint density at radius 3 is 2.60 bits per heavy atom. The van der Waals surface area contributed by atoms with Gasteiger partial charge in [-0.15, -0.1) is 0 Å². The quantitative estimate of drug-likeness (QED) is 0.682. The molecule has 1 aliphatic rings. The van der Waals surface area contributed by atoms with Crippen LogP contribution in [0.25, 0.3) is 0 Å². The number of sulfonamides is 1. The number of para-hydroxylation sites is 1. The Balaban J connectivity index is 1.65. The number of anilines is 1. The van der Waals surface area contributed by atoms with Crippen LogP contribution in [0.4, 0.5) is 5.69 Å². The molecule has 7 nitrogen and oxygen atoms in total. The maximum Gasteiger partial charge on any atom is 0.264 e. The van der Waals surface area contributed by atoms with Gasteiger partial charge in [-0.3, -0.25) is 13.8 Å². The van der Waals surface area contributed by atoms with E-state index in [0.717, 1.165) is 30.5 Å². The highest BCUT2D eigenvalue weighted by atomic mass is 32.2. The number of nitrogens with zero attached hydrogens (tertiary/aromatic N) is 3. The van der Waals surface area contributed by atoms with Crippen LogP contribution in [0.5, 0.6) is 0 Å². The molecule has 0 bridgehead atoms. The van der Waals surface area contributed by atoms with Crippen molar-refractivity contribution in [3.63, 3.8) is 0 Å². The van der Waals surface area contributed by atoms with E-state index in [1.807, 2.05) is 17.8 Å². The van der Waals surface area contributed by atoms with E-state index >= 15 is 0 Å². The van der Waals surface area contributed by atoms with Crippen LogP contribution in [-0.4, -0.2) is 31.2 Å². The van der Waals surface area contributed by atoms with E-state index in [0.29, 0.717) is 5.69 Å². The number of carbonyl (C=O) groups is 1. The number of hydrogen-bond acceptors (Lipinski definition) is 4. The zero-order valence-electron chi connectivity index (χ0n) is 16.9. The summed E-state index contributed by atoms with van der Waals surface area (Å²) in [7, 11) is -0.527. The Bertz CT molecular complexity index is 1170. The number of aromatic nitrogens is 2. The number of amides is 1. The molecule has 0 saturated carbocycles. The fourth-order valence-corrected chi connectivity index (χ4v) is 5.28. The van der Waals surface area contributed by atoms with Crippen LogP contribution in [0.1, 0.15) is 40.5 Å². The van der Waals surface area contributed by atoms with Gasteiger partial charge in [0.15, 0.2) is 0 Å². The second-order valence-electron chi connectivity index (χ2n) is 7.39. The van der Waals surface area contributed by atoms with Crippen LogP contribution in [0.15, 0.2) is 65.7 Å². The Labute approximate surface area is 176 Å². The number of aryl methyl sites for hydroxylation is 1. The van der Waals surface area contributed by atoms with Gasteiger partial charge in [0.1, 0.15) is 4.90 Å². The molecule has 3 aromatic rings. The smallest absolute Gasteiger partial charge is 0.264 e. The van der Waals surface area contributed by atoms with Gasteiger partial charge in [0.05, 0.1) is 23.5 Å².